The lowest BCUT2D eigenvalue weighted by Gasteiger charge is -2.45. The van der Waals surface area contributed by atoms with Crippen molar-refractivity contribution in [1.29, 1.82) is 5.26 Å². The summed E-state index contributed by atoms with van der Waals surface area (Å²) in [5.41, 5.74) is 0.465. The van der Waals surface area contributed by atoms with Gasteiger partial charge in [-0.05, 0) is 36.8 Å². The highest BCUT2D eigenvalue weighted by atomic mass is 16.5. The van der Waals surface area contributed by atoms with Crippen molar-refractivity contribution in [2.24, 2.45) is 17.8 Å². The van der Waals surface area contributed by atoms with Crippen LogP contribution in [0.15, 0.2) is 48.5 Å². The molecule has 0 radical (unpaired) electrons. The summed E-state index contributed by atoms with van der Waals surface area (Å²) >= 11 is 0. The lowest BCUT2D eigenvalue weighted by Crippen LogP contribution is -2.46. The number of aliphatic hydroxyl groups is 1. The fourth-order valence-corrected chi connectivity index (χ4v) is 5.68. The molecule has 2 fully saturated rings. The number of rotatable bonds is 6. The molecule has 6 heteroatoms. The minimum atomic E-state index is -1.14. The van der Waals surface area contributed by atoms with E-state index in [-0.39, 0.29) is 30.1 Å². The van der Waals surface area contributed by atoms with Crippen LogP contribution in [0.25, 0.3) is 0 Å². The van der Waals surface area contributed by atoms with E-state index in [1.165, 1.54) is 0 Å². The molecule has 1 N–H and O–H groups in total. The second-order valence-corrected chi connectivity index (χ2v) is 8.95. The minimum absolute atomic E-state index is 0.0307. The van der Waals surface area contributed by atoms with Gasteiger partial charge >= 0.3 is 0 Å². The van der Waals surface area contributed by atoms with E-state index in [1.54, 1.807) is 14.2 Å². The maximum atomic E-state index is 13.2. The molecular weight excluding hydrogens is 404 g/mol. The standard InChI is InChI=1S/C26H30N2O4/c1-31-23-9-5-3-7-19(23)14-25(29)28-16-20-13-18(11-12-27)15-26(30,22(20)17-28)21-8-4-6-10-24(21)32-2/h3-10,18,20,22,30H,11,13-17H2,1-2H3/t18?,20-,22?,26?/m0/s1. The molecule has 168 valence electrons. The minimum Gasteiger partial charge on any atom is -0.496 e. The Balaban J connectivity index is 1.61. The first kappa shape index (κ1) is 22.2. The third-order valence-electron chi connectivity index (χ3n) is 7.13. The van der Waals surface area contributed by atoms with E-state index in [0.29, 0.717) is 37.4 Å². The number of hydrogen-bond donors (Lipinski definition) is 1. The van der Waals surface area contributed by atoms with Crippen molar-refractivity contribution in [3.63, 3.8) is 0 Å². The van der Waals surface area contributed by atoms with E-state index in [0.717, 1.165) is 17.5 Å². The summed E-state index contributed by atoms with van der Waals surface area (Å²) in [5.74, 6) is 1.50. The molecule has 32 heavy (non-hydrogen) atoms. The second kappa shape index (κ2) is 9.22. The molecule has 1 saturated carbocycles. The Morgan fingerprint density at radius 3 is 2.53 bits per heavy atom. The quantitative estimate of drug-likeness (QED) is 0.752. The molecule has 2 aliphatic rings. The van der Waals surface area contributed by atoms with Crippen molar-refractivity contribution in [2.45, 2.75) is 31.3 Å². The van der Waals surface area contributed by atoms with E-state index in [2.05, 4.69) is 6.07 Å². The Morgan fingerprint density at radius 2 is 1.81 bits per heavy atom. The molecular formula is C26H30N2O4. The van der Waals surface area contributed by atoms with Crippen LogP contribution < -0.4 is 9.47 Å². The summed E-state index contributed by atoms with van der Waals surface area (Å²) in [6, 6.07) is 17.4. The monoisotopic (exact) mass is 434 g/mol. The number of likely N-dealkylation sites (tertiary alicyclic amines) is 1. The zero-order valence-electron chi connectivity index (χ0n) is 18.7. The summed E-state index contributed by atoms with van der Waals surface area (Å²) in [7, 11) is 3.21. The van der Waals surface area contributed by atoms with Crippen molar-refractivity contribution in [3.8, 4) is 17.6 Å². The number of hydrogen-bond acceptors (Lipinski definition) is 5. The predicted octanol–water partition coefficient (Wildman–Crippen LogP) is 3.53. The summed E-state index contributed by atoms with van der Waals surface area (Å²) < 4.78 is 11.0. The number of nitrogens with zero attached hydrogens (tertiary/aromatic N) is 2. The van der Waals surface area contributed by atoms with E-state index < -0.39 is 5.60 Å². The lowest BCUT2D eigenvalue weighted by atomic mass is 9.63. The number of amides is 1. The molecule has 1 aliphatic heterocycles. The van der Waals surface area contributed by atoms with E-state index in [9.17, 15) is 15.2 Å². The van der Waals surface area contributed by atoms with Crippen LogP contribution in [0.4, 0.5) is 0 Å². The van der Waals surface area contributed by atoms with Crippen LogP contribution in [-0.4, -0.2) is 43.2 Å². The third-order valence-corrected chi connectivity index (χ3v) is 7.13. The number of ether oxygens (including phenoxy) is 2. The number of carbonyl (C=O) groups is 1. The Labute approximate surface area is 189 Å². The van der Waals surface area contributed by atoms with Gasteiger partial charge in [0.05, 0.1) is 32.3 Å². The van der Waals surface area contributed by atoms with Gasteiger partial charge in [0.1, 0.15) is 11.5 Å². The number of para-hydroxylation sites is 2. The molecule has 1 heterocycles. The fraction of sp³-hybridized carbons (Fsp3) is 0.462. The zero-order chi connectivity index (χ0) is 22.7. The van der Waals surface area contributed by atoms with Crippen LogP contribution in [0.3, 0.4) is 0 Å². The average Bonchev–Trinajstić information content (AvgIpc) is 3.25. The molecule has 4 atom stereocenters. The molecule has 3 unspecified atom stereocenters. The lowest BCUT2D eigenvalue weighted by molar-refractivity contribution is -0.130. The van der Waals surface area contributed by atoms with Crippen LogP contribution in [0.1, 0.15) is 30.4 Å². The van der Waals surface area contributed by atoms with Gasteiger partial charge in [-0.25, -0.2) is 0 Å². The van der Waals surface area contributed by atoms with Gasteiger partial charge in [0, 0.05) is 36.6 Å². The molecule has 0 spiro atoms. The van der Waals surface area contributed by atoms with Gasteiger partial charge in [0.2, 0.25) is 5.91 Å². The number of nitriles is 1. The topological polar surface area (TPSA) is 82.8 Å². The van der Waals surface area contributed by atoms with Crippen molar-refractivity contribution in [2.75, 3.05) is 27.3 Å². The molecule has 1 amide bonds. The van der Waals surface area contributed by atoms with Crippen molar-refractivity contribution in [1.82, 2.24) is 4.90 Å². The van der Waals surface area contributed by atoms with Gasteiger partial charge in [0.25, 0.3) is 0 Å². The van der Waals surface area contributed by atoms with Crippen LogP contribution >= 0.6 is 0 Å². The summed E-state index contributed by atoms with van der Waals surface area (Å²) in [5, 5.41) is 21.4. The Bertz CT molecular complexity index is 1020. The molecule has 0 aromatic heterocycles. The van der Waals surface area contributed by atoms with E-state index in [4.69, 9.17) is 9.47 Å². The van der Waals surface area contributed by atoms with E-state index >= 15 is 0 Å². The highest BCUT2D eigenvalue weighted by Gasteiger charge is 2.53. The van der Waals surface area contributed by atoms with Gasteiger partial charge in [-0.3, -0.25) is 4.79 Å². The molecule has 2 aromatic carbocycles. The Morgan fingerprint density at radius 1 is 1.12 bits per heavy atom. The largest absolute Gasteiger partial charge is 0.496 e. The van der Waals surface area contributed by atoms with Gasteiger partial charge in [0.15, 0.2) is 0 Å². The van der Waals surface area contributed by atoms with Crippen LogP contribution in [0.5, 0.6) is 11.5 Å². The molecule has 1 aliphatic carbocycles. The highest BCUT2D eigenvalue weighted by Crippen LogP contribution is 2.52. The number of methoxy groups -OCH3 is 2. The highest BCUT2D eigenvalue weighted by molar-refractivity contribution is 5.80. The van der Waals surface area contributed by atoms with E-state index in [1.807, 2.05) is 53.4 Å². The SMILES string of the molecule is COc1ccccc1CC(=O)N1CC2[C@@H](CC(CC#N)CC2(O)c2ccccc2OC)C1. The number of benzene rings is 2. The van der Waals surface area contributed by atoms with Crippen LogP contribution in [0.2, 0.25) is 0 Å². The third kappa shape index (κ3) is 4.05. The molecule has 2 aromatic rings. The first-order valence-electron chi connectivity index (χ1n) is 11.1. The fourth-order valence-electron chi connectivity index (χ4n) is 5.68. The maximum Gasteiger partial charge on any atom is 0.227 e. The van der Waals surface area contributed by atoms with Crippen molar-refractivity contribution < 1.29 is 19.4 Å². The Kier molecular flexibility index (Phi) is 6.38. The van der Waals surface area contributed by atoms with Gasteiger partial charge in [-0.15, -0.1) is 0 Å². The van der Waals surface area contributed by atoms with Crippen molar-refractivity contribution in [3.05, 3.63) is 59.7 Å². The zero-order valence-corrected chi connectivity index (χ0v) is 18.7. The van der Waals surface area contributed by atoms with Crippen LogP contribution in [0, 0.1) is 29.1 Å². The second-order valence-electron chi connectivity index (χ2n) is 8.95. The first-order valence-corrected chi connectivity index (χ1v) is 11.1. The average molecular weight is 435 g/mol. The summed E-state index contributed by atoms with van der Waals surface area (Å²) in [6.45, 7) is 1.09. The maximum absolute atomic E-state index is 13.2. The molecule has 1 saturated heterocycles. The Hall–Kier alpha value is -3.04. The molecule has 6 nitrogen and oxygen atoms in total. The summed E-state index contributed by atoms with van der Waals surface area (Å²) in [4.78, 5) is 15.1. The van der Waals surface area contributed by atoms with Gasteiger partial charge in [-0.1, -0.05) is 36.4 Å². The van der Waals surface area contributed by atoms with Gasteiger partial charge < -0.3 is 19.5 Å². The van der Waals surface area contributed by atoms with Crippen molar-refractivity contribution >= 4 is 5.91 Å². The number of fused-ring (bicyclic) bond motifs is 1. The van der Waals surface area contributed by atoms with Crippen LogP contribution in [-0.2, 0) is 16.8 Å². The normalized spacial score (nSPS) is 26.8. The predicted molar refractivity (Wildman–Crippen MR) is 120 cm³/mol. The first-order chi connectivity index (χ1) is 15.5. The van der Waals surface area contributed by atoms with Gasteiger partial charge in [-0.2, -0.15) is 5.26 Å². The number of carbonyl (C=O) groups excluding carboxylic acids is 1. The smallest absolute Gasteiger partial charge is 0.227 e. The molecule has 4 rings (SSSR count). The molecule has 0 bridgehead atoms. The summed E-state index contributed by atoms with van der Waals surface area (Å²) in [6.07, 6.45) is 2.00.